The van der Waals surface area contributed by atoms with Gasteiger partial charge in [-0.2, -0.15) is 0 Å². The van der Waals surface area contributed by atoms with Crippen LogP contribution in [0.4, 0.5) is 0 Å². The molecule has 3 aromatic carbocycles. The molecule has 3 aromatic rings. The van der Waals surface area contributed by atoms with Crippen LogP contribution in [-0.2, 0) is 14.0 Å². The van der Waals surface area contributed by atoms with Crippen molar-refractivity contribution in [3.63, 3.8) is 0 Å². The Hall–Kier alpha value is -1.81. The quantitative estimate of drug-likeness (QED) is 0.367. The molecule has 0 aliphatic carbocycles. The standard InChI is InChI=1S/C28H38B2O3/c1-25(2,3)26(4,5)31-29(10)23-13-11-19-16-22-18-24(14-12-20(22)15-21(19)17-23)30-32-27(6,7)28(8,9)33-30/h11-18H,1-10H3. The molecule has 1 aliphatic heterocycles. The topological polar surface area (TPSA) is 27.7 Å². The number of hydrogen-bond acceptors (Lipinski definition) is 3. The second-order valence-corrected chi connectivity index (χ2v) is 12.2. The Morgan fingerprint density at radius 3 is 1.79 bits per heavy atom. The number of rotatable bonds is 4. The van der Waals surface area contributed by atoms with Crippen molar-refractivity contribution in [2.45, 2.75) is 85.9 Å². The van der Waals surface area contributed by atoms with Gasteiger partial charge in [-0.15, -0.1) is 0 Å². The summed E-state index contributed by atoms with van der Waals surface area (Å²) in [5, 5.41) is 4.86. The van der Waals surface area contributed by atoms with Crippen molar-refractivity contribution in [3.05, 3.63) is 48.5 Å². The molecule has 0 N–H and O–H groups in total. The van der Waals surface area contributed by atoms with E-state index in [0.717, 1.165) is 5.46 Å². The van der Waals surface area contributed by atoms with Crippen molar-refractivity contribution >= 4 is 46.5 Å². The molecule has 0 unspecified atom stereocenters. The Bertz CT molecular complexity index is 1170. The van der Waals surface area contributed by atoms with Gasteiger partial charge in [-0.25, -0.2) is 0 Å². The lowest BCUT2D eigenvalue weighted by Crippen LogP contribution is -2.46. The first-order valence-electron chi connectivity index (χ1n) is 12.1. The summed E-state index contributed by atoms with van der Waals surface area (Å²) < 4.78 is 19.0. The van der Waals surface area contributed by atoms with Crippen LogP contribution in [0.1, 0.15) is 62.3 Å². The number of benzene rings is 3. The lowest BCUT2D eigenvalue weighted by atomic mass is 9.61. The smallest absolute Gasteiger partial charge is 0.426 e. The second kappa shape index (κ2) is 7.86. The maximum Gasteiger partial charge on any atom is 0.494 e. The first-order valence-corrected chi connectivity index (χ1v) is 12.1. The van der Waals surface area contributed by atoms with Gasteiger partial charge in [-0.05, 0) is 91.6 Å². The van der Waals surface area contributed by atoms with Gasteiger partial charge in [-0.1, -0.05) is 64.0 Å². The van der Waals surface area contributed by atoms with Crippen LogP contribution in [-0.4, -0.2) is 30.8 Å². The highest BCUT2D eigenvalue weighted by molar-refractivity contribution is 6.66. The summed E-state index contributed by atoms with van der Waals surface area (Å²) in [4.78, 5) is 0. The van der Waals surface area contributed by atoms with Crippen LogP contribution in [0.5, 0.6) is 0 Å². The van der Waals surface area contributed by atoms with E-state index in [1.165, 1.54) is 27.0 Å². The van der Waals surface area contributed by atoms with E-state index in [4.69, 9.17) is 14.0 Å². The summed E-state index contributed by atoms with van der Waals surface area (Å²) in [6.07, 6.45) is 0. The van der Waals surface area contributed by atoms with Gasteiger partial charge in [0, 0.05) is 0 Å². The predicted octanol–water partition coefficient (Wildman–Crippen LogP) is 5.96. The van der Waals surface area contributed by atoms with Crippen LogP contribution in [0, 0.1) is 5.41 Å². The fourth-order valence-electron chi connectivity index (χ4n) is 4.10. The first kappa shape index (κ1) is 24.3. The van der Waals surface area contributed by atoms with E-state index >= 15 is 0 Å². The Kier molecular flexibility index (Phi) is 5.80. The van der Waals surface area contributed by atoms with Crippen molar-refractivity contribution in [3.8, 4) is 0 Å². The second-order valence-electron chi connectivity index (χ2n) is 12.2. The third-order valence-corrected chi connectivity index (χ3v) is 8.12. The molecule has 1 heterocycles. The SMILES string of the molecule is CB(OC(C)(C)C(C)(C)C)c1ccc2cc3cc(B4OC(C)(C)C(C)(C)O4)ccc3cc2c1. The molecule has 0 atom stereocenters. The van der Waals surface area contributed by atoms with Gasteiger partial charge in [0.05, 0.1) is 16.8 Å². The minimum Gasteiger partial charge on any atom is -0.426 e. The fraction of sp³-hybridized carbons (Fsp3) is 0.500. The maximum absolute atomic E-state index is 6.50. The lowest BCUT2D eigenvalue weighted by molar-refractivity contribution is 0.000453. The van der Waals surface area contributed by atoms with Gasteiger partial charge in [0.1, 0.15) is 0 Å². The molecular weight excluding hydrogens is 406 g/mol. The van der Waals surface area contributed by atoms with E-state index in [2.05, 4.69) is 118 Å². The van der Waals surface area contributed by atoms with Gasteiger partial charge in [0.2, 0.25) is 0 Å². The molecule has 3 nitrogen and oxygen atoms in total. The molecule has 0 amide bonds. The van der Waals surface area contributed by atoms with Crippen molar-refractivity contribution < 1.29 is 14.0 Å². The van der Waals surface area contributed by atoms with Crippen LogP contribution >= 0.6 is 0 Å². The summed E-state index contributed by atoms with van der Waals surface area (Å²) in [6, 6.07) is 17.7. The minimum atomic E-state index is -0.346. The zero-order valence-corrected chi connectivity index (χ0v) is 22.0. The minimum absolute atomic E-state index is 0.0186. The summed E-state index contributed by atoms with van der Waals surface area (Å²) in [5.74, 6) is 0. The summed E-state index contributed by atoms with van der Waals surface area (Å²) >= 11 is 0. The molecule has 0 spiro atoms. The van der Waals surface area contributed by atoms with E-state index in [9.17, 15) is 0 Å². The van der Waals surface area contributed by atoms with Crippen LogP contribution in [0.3, 0.4) is 0 Å². The third kappa shape index (κ3) is 4.48. The molecule has 0 bridgehead atoms. The van der Waals surface area contributed by atoms with Gasteiger partial charge >= 0.3 is 14.0 Å². The molecule has 1 aliphatic rings. The molecular formula is C28H38B2O3. The monoisotopic (exact) mass is 444 g/mol. The Morgan fingerprint density at radius 1 is 0.727 bits per heavy atom. The highest BCUT2D eigenvalue weighted by Crippen LogP contribution is 2.37. The van der Waals surface area contributed by atoms with Crippen molar-refractivity contribution in [2.75, 3.05) is 0 Å². The van der Waals surface area contributed by atoms with Crippen LogP contribution < -0.4 is 10.9 Å². The van der Waals surface area contributed by atoms with Gasteiger partial charge in [-0.3, -0.25) is 0 Å². The first-order chi connectivity index (χ1) is 15.1. The number of hydrogen-bond donors (Lipinski definition) is 0. The largest absolute Gasteiger partial charge is 0.494 e. The van der Waals surface area contributed by atoms with E-state index in [1.807, 2.05) is 0 Å². The highest BCUT2D eigenvalue weighted by atomic mass is 16.7. The Morgan fingerprint density at radius 2 is 1.24 bits per heavy atom. The summed E-state index contributed by atoms with van der Waals surface area (Å²) in [6.45, 7) is 21.6. The van der Waals surface area contributed by atoms with Crippen molar-refractivity contribution in [2.24, 2.45) is 5.41 Å². The summed E-state index contributed by atoms with van der Waals surface area (Å²) in [7, 11) is -0.346. The molecule has 0 aromatic heterocycles. The maximum atomic E-state index is 6.50. The summed E-state index contributed by atoms with van der Waals surface area (Å²) in [5.41, 5.74) is 1.41. The van der Waals surface area contributed by atoms with E-state index in [1.54, 1.807) is 0 Å². The van der Waals surface area contributed by atoms with Crippen LogP contribution in [0.25, 0.3) is 21.5 Å². The molecule has 1 fully saturated rings. The Balaban J connectivity index is 1.64. The lowest BCUT2D eigenvalue weighted by Gasteiger charge is -2.40. The van der Waals surface area contributed by atoms with Gasteiger partial charge < -0.3 is 14.0 Å². The molecule has 33 heavy (non-hydrogen) atoms. The molecule has 4 rings (SSSR count). The average molecular weight is 444 g/mol. The highest BCUT2D eigenvalue weighted by Gasteiger charge is 2.51. The van der Waals surface area contributed by atoms with E-state index < -0.39 is 0 Å². The van der Waals surface area contributed by atoms with Crippen LogP contribution in [0.2, 0.25) is 6.82 Å². The zero-order valence-electron chi connectivity index (χ0n) is 22.0. The van der Waals surface area contributed by atoms with Crippen molar-refractivity contribution in [1.82, 2.24) is 0 Å². The normalized spacial score (nSPS) is 18.3. The zero-order chi connectivity index (χ0) is 24.4. The molecule has 5 heteroatoms. The predicted molar refractivity (Wildman–Crippen MR) is 143 cm³/mol. The van der Waals surface area contributed by atoms with Gasteiger partial charge in [0.15, 0.2) is 0 Å². The van der Waals surface area contributed by atoms with Crippen molar-refractivity contribution in [1.29, 1.82) is 0 Å². The molecule has 174 valence electrons. The molecule has 0 radical (unpaired) electrons. The van der Waals surface area contributed by atoms with Crippen LogP contribution in [0.15, 0.2) is 48.5 Å². The fourth-order valence-corrected chi connectivity index (χ4v) is 4.10. The average Bonchev–Trinajstić information content (AvgIpc) is 2.91. The number of fused-ring (bicyclic) bond motifs is 2. The van der Waals surface area contributed by atoms with E-state index in [0.29, 0.717) is 0 Å². The van der Waals surface area contributed by atoms with E-state index in [-0.39, 0.29) is 36.3 Å². The molecule has 0 saturated carbocycles. The third-order valence-electron chi connectivity index (χ3n) is 8.12. The Labute approximate surface area is 200 Å². The van der Waals surface area contributed by atoms with Gasteiger partial charge in [0.25, 0.3) is 0 Å². The molecule has 1 saturated heterocycles.